The number of fused-ring (bicyclic) bond motifs is 1. The van der Waals surface area contributed by atoms with E-state index in [0.717, 1.165) is 35.9 Å². The van der Waals surface area contributed by atoms with Gasteiger partial charge in [0.1, 0.15) is 5.75 Å². The molecular weight excluding hydrogens is 659 g/mol. The molecule has 0 unspecified atom stereocenters. The van der Waals surface area contributed by atoms with Crippen LogP contribution in [0.15, 0.2) is 47.6 Å². The number of nitrogens with one attached hydrogen (secondary N) is 1. The van der Waals surface area contributed by atoms with Crippen LogP contribution in [0.25, 0.3) is 22.2 Å². The highest BCUT2D eigenvalue weighted by molar-refractivity contribution is 7.98. The van der Waals surface area contributed by atoms with Crippen molar-refractivity contribution in [2.24, 2.45) is 0 Å². The van der Waals surface area contributed by atoms with E-state index in [1.165, 1.54) is 82.4 Å². The quantitative estimate of drug-likeness (QED) is 0.0460. The number of nitrogens with zero attached hydrogens (tertiary/aromatic N) is 2. The van der Waals surface area contributed by atoms with E-state index in [4.69, 9.17) is 24.2 Å². The number of pyridine rings is 1. The molecule has 0 amide bonds. The first-order valence-corrected chi connectivity index (χ1v) is 20.0. The number of hydrogen-bond donors (Lipinski definition) is 1. The number of rotatable bonds is 23. The molecule has 2 aromatic heterocycles. The van der Waals surface area contributed by atoms with Gasteiger partial charge >= 0.3 is 11.9 Å². The third-order valence-corrected chi connectivity index (χ3v) is 10.1. The molecule has 2 aromatic carbocycles. The summed E-state index contributed by atoms with van der Waals surface area (Å²) < 4.78 is 17.2. The molecule has 0 atom stereocenters. The van der Waals surface area contributed by atoms with Crippen molar-refractivity contribution >= 4 is 34.7 Å². The average Bonchev–Trinajstić information content (AvgIpc) is 3.55. The summed E-state index contributed by atoms with van der Waals surface area (Å²) in [5, 5.41) is 0.710. The minimum atomic E-state index is -0.538. The molecule has 4 rings (SSSR count). The van der Waals surface area contributed by atoms with E-state index in [1.54, 1.807) is 27.9 Å². The van der Waals surface area contributed by atoms with E-state index in [-0.39, 0.29) is 24.3 Å². The summed E-state index contributed by atoms with van der Waals surface area (Å²) in [6.45, 7) is 7.97. The molecule has 51 heavy (non-hydrogen) atoms. The van der Waals surface area contributed by atoms with Crippen molar-refractivity contribution in [1.82, 2.24) is 15.0 Å². The van der Waals surface area contributed by atoms with Crippen molar-refractivity contribution in [3.8, 4) is 16.9 Å². The molecule has 2 heterocycles. The molecule has 8 nitrogen and oxygen atoms in total. The summed E-state index contributed by atoms with van der Waals surface area (Å²) >= 11 is 1.45. The summed E-state index contributed by atoms with van der Waals surface area (Å²) in [5.74, 6) is -0.158. The van der Waals surface area contributed by atoms with Gasteiger partial charge in [0.25, 0.3) is 0 Å². The first-order valence-electron chi connectivity index (χ1n) is 19.0. The van der Waals surface area contributed by atoms with Gasteiger partial charge in [0.2, 0.25) is 0 Å². The fourth-order valence-electron chi connectivity index (χ4n) is 6.70. The highest BCUT2D eigenvalue weighted by Gasteiger charge is 2.32. The predicted octanol–water partition coefficient (Wildman–Crippen LogP) is 11.2. The van der Waals surface area contributed by atoms with E-state index in [9.17, 15) is 9.59 Å². The highest BCUT2D eigenvalue weighted by Crippen LogP contribution is 2.42. The Morgan fingerprint density at radius 1 is 0.706 bits per heavy atom. The fourth-order valence-corrected chi connectivity index (χ4v) is 7.53. The molecule has 0 bridgehead atoms. The zero-order valence-corrected chi connectivity index (χ0v) is 32.2. The Hall–Kier alpha value is -3.85. The van der Waals surface area contributed by atoms with Crippen molar-refractivity contribution in [2.75, 3.05) is 20.3 Å². The summed E-state index contributed by atoms with van der Waals surface area (Å²) in [5.41, 5.74) is 5.48. The molecule has 0 aliphatic heterocycles. The van der Waals surface area contributed by atoms with Crippen molar-refractivity contribution in [3.63, 3.8) is 0 Å². The lowest BCUT2D eigenvalue weighted by molar-refractivity contribution is 0.0525. The summed E-state index contributed by atoms with van der Waals surface area (Å²) in [4.78, 5) is 40.6. The molecule has 0 saturated carbocycles. The molecule has 0 aliphatic rings. The van der Waals surface area contributed by atoms with Gasteiger partial charge < -0.3 is 19.2 Å². The number of para-hydroxylation sites is 2. The van der Waals surface area contributed by atoms with Crippen LogP contribution in [0.1, 0.15) is 142 Å². The first-order chi connectivity index (χ1) is 24.9. The number of carbonyl (C=O) groups excluding carboxylic acids is 2. The summed E-state index contributed by atoms with van der Waals surface area (Å²) in [7, 11) is 1.62. The van der Waals surface area contributed by atoms with Crippen LogP contribution in [0, 0.1) is 6.92 Å². The number of esters is 2. The van der Waals surface area contributed by atoms with Crippen LogP contribution in [0.5, 0.6) is 5.75 Å². The molecule has 276 valence electrons. The monoisotopic (exact) mass is 715 g/mol. The van der Waals surface area contributed by atoms with Crippen LogP contribution in [0.4, 0.5) is 0 Å². The van der Waals surface area contributed by atoms with Crippen LogP contribution in [-0.4, -0.2) is 47.2 Å². The van der Waals surface area contributed by atoms with Gasteiger partial charge in [0.05, 0.1) is 53.9 Å². The lowest BCUT2D eigenvalue weighted by Gasteiger charge is -2.22. The minimum Gasteiger partial charge on any atom is -0.496 e. The van der Waals surface area contributed by atoms with E-state index < -0.39 is 11.9 Å². The minimum absolute atomic E-state index is 0.175. The lowest BCUT2D eigenvalue weighted by atomic mass is 9.87. The maximum Gasteiger partial charge on any atom is 0.340 e. The highest BCUT2D eigenvalue weighted by atomic mass is 32.2. The van der Waals surface area contributed by atoms with E-state index in [2.05, 4.69) is 18.0 Å². The molecule has 0 saturated heterocycles. The number of unbranched alkanes of at least 4 members (excludes halogenated alkanes) is 12. The smallest absolute Gasteiger partial charge is 0.340 e. The van der Waals surface area contributed by atoms with Crippen LogP contribution in [0.2, 0.25) is 0 Å². The second-order valence-electron chi connectivity index (χ2n) is 13.0. The number of aryl methyl sites for hydroxylation is 2. The summed E-state index contributed by atoms with van der Waals surface area (Å²) in [6, 6.07) is 13.8. The SMILES string of the molecule is CCCCCCCCCCCCCCCc1cccc(OC)c1-c1c(C(=O)OCC)c(C)nc(CSc2nc3ccccc3[nH]2)c1C(=O)OCC. The third-order valence-electron chi connectivity index (χ3n) is 9.26. The average molecular weight is 716 g/mol. The molecule has 0 fully saturated rings. The van der Waals surface area contributed by atoms with Crippen molar-refractivity contribution in [3.05, 3.63) is 70.5 Å². The fraction of sp³-hybridized carbons (Fsp3) is 0.524. The predicted molar refractivity (Wildman–Crippen MR) is 208 cm³/mol. The van der Waals surface area contributed by atoms with Crippen LogP contribution in [-0.2, 0) is 21.6 Å². The Kier molecular flexibility index (Phi) is 16.8. The second-order valence-corrected chi connectivity index (χ2v) is 14.0. The maximum atomic E-state index is 14.0. The Balaban J connectivity index is 1.61. The van der Waals surface area contributed by atoms with Crippen LogP contribution < -0.4 is 4.74 Å². The van der Waals surface area contributed by atoms with Crippen molar-refractivity contribution < 1.29 is 23.8 Å². The van der Waals surface area contributed by atoms with Gasteiger partial charge in [0, 0.05) is 16.9 Å². The molecule has 0 radical (unpaired) electrons. The van der Waals surface area contributed by atoms with Gasteiger partial charge in [-0.05, 0) is 57.4 Å². The van der Waals surface area contributed by atoms with Gasteiger partial charge in [-0.3, -0.25) is 4.98 Å². The molecule has 9 heteroatoms. The zero-order chi connectivity index (χ0) is 36.4. The number of benzene rings is 2. The van der Waals surface area contributed by atoms with Crippen LogP contribution in [0.3, 0.4) is 0 Å². The van der Waals surface area contributed by atoms with Crippen molar-refractivity contribution in [2.45, 2.75) is 128 Å². The van der Waals surface area contributed by atoms with Crippen molar-refractivity contribution in [1.29, 1.82) is 0 Å². The van der Waals surface area contributed by atoms with Gasteiger partial charge in [-0.1, -0.05) is 120 Å². The zero-order valence-electron chi connectivity index (χ0n) is 31.4. The van der Waals surface area contributed by atoms with Gasteiger partial charge in [-0.15, -0.1) is 0 Å². The van der Waals surface area contributed by atoms with E-state index in [0.29, 0.717) is 39.2 Å². The second kappa shape index (κ2) is 21.5. The molecule has 0 aliphatic carbocycles. The number of thioether (sulfide) groups is 1. The standard InChI is InChI=1S/C42H57N3O5S/c1-6-9-10-11-12-13-14-15-16-17-18-19-20-24-31-25-23-28-35(48-5)37(31)39-36(40(46)49-7-2)30(4)43-34(38(39)41(47)50-8-3)29-51-42-44-32-26-21-22-27-33(32)45-42/h21-23,25-28H,6-20,24,29H2,1-5H3,(H,44,45). The lowest BCUT2D eigenvalue weighted by Crippen LogP contribution is -2.19. The number of aromatic amines is 1. The first kappa shape index (κ1) is 39.9. The number of aromatic nitrogens is 3. The number of hydrogen-bond acceptors (Lipinski definition) is 8. The Morgan fingerprint density at radius 2 is 1.31 bits per heavy atom. The van der Waals surface area contributed by atoms with Crippen LogP contribution >= 0.6 is 11.8 Å². The number of carbonyl (C=O) groups is 2. The maximum absolute atomic E-state index is 14.0. The largest absolute Gasteiger partial charge is 0.496 e. The van der Waals surface area contributed by atoms with Gasteiger partial charge in [-0.25, -0.2) is 14.6 Å². The third kappa shape index (κ3) is 11.3. The number of imidazole rings is 1. The molecule has 0 spiro atoms. The number of ether oxygens (including phenoxy) is 3. The molecule has 1 N–H and O–H groups in total. The Bertz CT molecular complexity index is 1670. The Labute approximate surface area is 308 Å². The van der Waals surface area contributed by atoms with Gasteiger partial charge in [0.15, 0.2) is 5.16 Å². The van der Waals surface area contributed by atoms with E-state index >= 15 is 0 Å². The number of methoxy groups -OCH3 is 1. The van der Waals surface area contributed by atoms with Gasteiger partial charge in [-0.2, -0.15) is 0 Å². The Morgan fingerprint density at radius 3 is 1.92 bits per heavy atom. The molecule has 4 aromatic rings. The summed E-state index contributed by atoms with van der Waals surface area (Å²) in [6.07, 6.45) is 17.4. The van der Waals surface area contributed by atoms with E-state index in [1.807, 2.05) is 36.4 Å². The normalized spacial score (nSPS) is 11.2. The number of H-pyrrole nitrogens is 1. The topological polar surface area (TPSA) is 103 Å². The molecular formula is C42H57N3O5S.